The zero-order valence-electron chi connectivity index (χ0n) is 15.1. The van der Waals surface area contributed by atoms with Gasteiger partial charge >= 0.3 is 0 Å². The summed E-state index contributed by atoms with van der Waals surface area (Å²) in [7, 11) is 0. The third-order valence-electron chi connectivity index (χ3n) is 4.06. The number of anilines is 1. The fourth-order valence-electron chi connectivity index (χ4n) is 2.68. The van der Waals surface area contributed by atoms with Crippen LogP contribution in [0.25, 0.3) is 0 Å². The first-order valence-corrected chi connectivity index (χ1v) is 9.63. The number of hydrogen-bond donors (Lipinski definition) is 1. The van der Waals surface area contributed by atoms with Gasteiger partial charge in [0, 0.05) is 5.69 Å². The van der Waals surface area contributed by atoms with E-state index in [-0.39, 0.29) is 11.7 Å². The number of carbonyl (C=O) groups is 1. The molecule has 0 fully saturated rings. The Morgan fingerprint density at radius 2 is 1.90 bits per heavy atom. The highest BCUT2D eigenvalue weighted by atomic mass is 32.2. The molecule has 2 aromatic heterocycles. The molecule has 0 radical (unpaired) electrons. The van der Waals surface area contributed by atoms with Crippen molar-refractivity contribution in [3.05, 3.63) is 90.1 Å². The molecule has 0 saturated carbocycles. The Labute approximate surface area is 169 Å². The van der Waals surface area contributed by atoms with Crippen LogP contribution in [-0.2, 0) is 11.3 Å². The van der Waals surface area contributed by atoms with Gasteiger partial charge in [0.2, 0.25) is 11.1 Å². The Morgan fingerprint density at radius 3 is 2.62 bits per heavy atom. The fraction of sp³-hybridized carbons (Fsp3) is 0.100. The number of rotatable bonds is 7. The van der Waals surface area contributed by atoms with E-state index >= 15 is 0 Å². The predicted octanol–water partition coefficient (Wildman–Crippen LogP) is 3.93. The maximum absolute atomic E-state index is 13.2. The number of amides is 1. The van der Waals surface area contributed by atoms with Gasteiger partial charge in [0.1, 0.15) is 23.4 Å². The average Bonchev–Trinajstić information content (AvgIpc) is 3.41. The van der Waals surface area contributed by atoms with Crippen molar-refractivity contribution in [3.63, 3.8) is 0 Å². The topological polar surface area (TPSA) is 85.8 Å². The number of carbonyl (C=O) groups excluding carboxylic acids is 1. The number of aromatic nitrogens is 4. The van der Waals surface area contributed by atoms with Crippen LogP contribution in [0.15, 0.2) is 82.6 Å². The highest BCUT2D eigenvalue weighted by Gasteiger charge is 2.25. The van der Waals surface area contributed by atoms with Crippen LogP contribution < -0.4 is 5.32 Å². The number of nitrogens with one attached hydrogen (secondary N) is 1. The smallest absolute Gasteiger partial charge is 0.242 e. The first-order valence-electron chi connectivity index (χ1n) is 8.75. The number of hydrogen-bond acceptors (Lipinski definition) is 6. The standard InChI is InChI=1S/C20H16FN5O2S/c21-15-8-10-16(11-9-15)22-19(27)18(14-5-2-1-3-6-14)29-20-23-24-25-26(20)13-17-7-4-12-28-17/h1-12,18H,13H2,(H,22,27). The molecule has 4 aromatic rings. The molecule has 0 bridgehead atoms. The zero-order valence-corrected chi connectivity index (χ0v) is 15.9. The minimum atomic E-state index is -0.609. The van der Waals surface area contributed by atoms with Gasteiger partial charge in [0.25, 0.3) is 0 Å². The minimum absolute atomic E-state index is 0.264. The van der Waals surface area contributed by atoms with Gasteiger partial charge in [-0.25, -0.2) is 9.07 Å². The minimum Gasteiger partial charge on any atom is -0.467 e. The van der Waals surface area contributed by atoms with Crippen LogP contribution >= 0.6 is 11.8 Å². The lowest BCUT2D eigenvalue weighted by Crippen LogP contribution is -2.19. The Hall–Kier alpha value is -3.46. The van der Waals surface area contributed by atoms with Gasteiger partial charge < -0.3 is 9.73 Å². The fourth-order valence-corrected chi connectivity index (χ4v) is 3.65. The molecule has 2 heterocycles. The monoisotopic (exact) mass is 409 g/mol. The van der Waals surface area contributed by atoms with Crippen LogP contribution in [0.2, 0.25) is 0 Å². The van der Waals surface area contributed by atoms with Crippen molar-refractivity contribution < 1.29 is 13.6 Å². The van der Waals surface area contributed by atoms with Crippen LogP contribution in [0.4, 0.5) is 10.1 Å². The van der Waals surface area contributed by atoms with E-state index in [4.69, 9.17) is 4.42 Å². The molecule has 29 heavy (non-hydrogen) atoms. The second-order valence-electron chi connectivity index (χ2n) is 6.10. The number of benzene rings is 2. The van der Waals surface area contributed by atoms with Crippen LogP contribution in [0.3, 0.4) is 0 Å². The van der Waals surface area contributed by atoms with E-state index in [1.807, 2.05) is 36.4 Å². The summed E-state index contributed by atoms with van der Waals surface area (Å²) in [6.07, 6.45) is 1.58. The molecule has 1 unspecified atom stereocenters. The Bertz CT molecular complexity index is 1070. The Balaban J connectivity index is 1.58. The molecule has 0 aliphatic carbocycles. The quantitative estimate of drug-likeness (QED) is 0.466. The van der Waals surface area contributed by atoms with Gasteiger partial charge in [-0.15, -0.1) is 5.10 Å². The number of furan rings is 1. The SMILES string of the molecule is O=C(Nc1ccc(F)cc1)C(Sc1nnnn1Cc1ccco1)c1ccccc1. The van der Waals surface area contributed by atoms with Gasteiger partial charge in [0.15, 0.2) is 0 Å². The summed E-state index contributed by atoms with van der Waals surface area (Å²) < 4.78 is 20.1. The molecule has 0 aliphatic heterocycles. The molecule has 1 atom stereocenters. The molecule has 1 amide bonds. The third kappa shape index (κ3) is 4.69. The molecule has 0 spiro atoms. The highest BCUT2D eigenvalue weighted by Crippen LogP contribution is 2.35. The first kappa shape index (κ1) is 18.9. The maximum Gasteiger partial charge on any atom is 0.242 e. The van der Waals surface area contributed by atoms with Crippen molar-refractivity contribution in [3.8, 4) is 0 Å². The summed E-state index contributed by atoms with van der Waals surface area (Å²) in [5.74, 6) is 0.0700. The summed E-state index contributed by atoms with van der Waals surface area (Å²) in [5, 5.41) is 14.5. The number of halogens is 1. The number of thioether (sulfide) groups is 1. The molecular weight excluding hydrogens is 393 g/mol. The zero-order chi connectivity index (χ0) is 20.1. The van der Waals surface area contributed by atoms with Crippen molar-refractivity contribution in [2.45, 2.75) is 17.0 Å². The first-order chi connectivity index (χ1) is 14.2. The van der Waals surface area contributed by atoms with E-state index < -0.39 is 5.25 Å². The van der Waals surface area contributed by atoms with Crippen LogP contribution in [0.5, 0.6) is 0 Å². The molecule has 2 aromatic carbocycles. The third-order valence-corrected chi connectivity index (χ3v) is 5.29. The average molecular weight is 409 g/mol. The van der Waals surface area contributed by atoms with Gasteiger partial charge in [-0.3, -0.25) is 4.79 Å². The van der Waals surface area contributed by atoms with E-state index in [0.29, 0.717) is 23.1 Å². The summed E-state index contributed by atoms with van der Waals surface area (Å²) in [6.45, 7) is 0.351. The van der Waals surface area contributed by atoms with E-state index in [0.717, 1.165) is 5.56 Å². The van der Waals surface area contributed by atoms with Crippen molar-refractivity contribution in [2.75, 3.05) is 5.32 Å². The van der Waals surface area contributed by atoms with Crippen LogP contribution in [0, 0.1) is 5.82 Å². The molecule has 7 nitrogen and oxygen atoms in total. The van der Waals surface area contributed by atoms with Crippen LogP contribution in [-0.4, -0.2) is 26.1 Å². The number of tetrazole rings is 1. The summed E-state index contributed by atoms with van der Waals surface area (Å²) >= 11 is 1.23. The molecule has 0 saturated heterocycles. The molecule has 146 valence electrons. The van der Waals surface area contributed by atoms with Crippen LogP contribution in [0.1, 0.15) is 16.6 Å². The lowest BCUT2D eigenvalue weighted by atomic mass is 10.1. The van der Waals surface area contributed by atoms with Gasteiger partial charge in [-0.05, 0) is 52.4 Å². The second-order valence-corrected chi connectivity index (χ2v) is 7.18. The second kappa shape index (κ2) is 8.70. The van der Waals surface area contributed by atoms with E-state index in [9.17, 15) is 9.18 Å². The van der Waals surface area contributed by atoms with Gasteiger partial charge in [-0.2, -0.15) is 0 Å². The largest absolute Gasteiger partial charge is 0.467 e. The van der Waals surface area contributed by atoms with Gasteiger partial charge in [0.05, 0.1) is 6.26 Å². The lowest BCUT2D eigenvalue weighted by Gasteiger charge is -2.16. The molecule has 4 rings (SSSR count). The number of nitrogens with zero attached hydrogens (tertiary/aromatic N) is 4. The molecule has 9 heteroatoms. The summed E-state index contributed by atoms with van der Waals surface area (Å²) in [5.41, 5.74) is 1.30. The Morgan fingerprint density at radius 1 is 1.10 bits per heavy atom. The summed E-state index contributed by atoms with van der Waals surface area (Å²) in [6, 6.07) is 18.6. The molecular formula is C20H16FN5O2S. The normalized spacial score (nSPS) is 11.9. The molecule has 1 N–H and O–H groups in total. The van der Waals surface area contributed by atoms with E-state index in [1.165, 1.54) is 36.0 Å². The Kier molecular flexibility index (Phi) is 5.66. The van der Waals surface area contributed by atoms with Crippen molar-refractivity contribution in [1.82, 2.24) is 20.2 Å². The van der Waals surface area contributed by atoms with Crippen molar-refractivity contribution in [1.29, 1.82) is 0 Å². The van der Waals surface area contributed by atoms with Crippen molar-refractivity contribution in [2.24, 2.45) is 0 Å². The van der Waals surface area contributed by atoms with Crippen molar-refractivity contribution >= 4 is 23.4 Å². The van der Waals surface area contributed by atoms with Gasteiger partial charge in [-0.1, -0.05) is 42.1 Å². The summed E-state index contributed by atoms with van der Waals surface area (Å²) in [4.78, 5) is 13.0. The van der Waals surface area contributed by atoms with E-state index in [2.05, 4.69) is 20.8 Å². The maximum atomic E-state index is 13.2. The predicted molar refractivity (Wildman–Crippen MR) is 106 cm³/mol. The molecule has 0 aliphatic rings. The highest BCUT2D eigenvalue weighted by molar-refractivity contribution is 8.00. The van der Waals surface area contributed by atoms with E-state index in [1.54, 1.807) is 17.0 Å². The lowest BCUT2D eigenvalue weighted by molar-refractivity contribution is -0.115.